The van der Waals surface area contributed by atoms with Crippen molar-refractivity contribution in [1.82, 2.24) is 15.0 Å². The number of ether oxygens (including phenoxy) is 1. The van der Waals surface area contributed by atoms with Gasteiger partial charge in [-0.05, 0) is 54.4 Å². The Balaban J connectivity index is 1.58. The summed E-state index contributed by atoms with van der Waals surface area (Å²) in [6.07, 6.45) is 1.35. The SMILES string of the molecule is COc1ccc(Cl)c(C(=O)NCCc2ccc(S(=O)(=O)NC(=O)c3ccc(C(=O)[O-])nc3)cc2)c1. The van der Waals surface area contributed by atoms with Crippen molar-refractivity contribution in [3.8, 4) is 5.75 Å². The lowest BCUT2D eigenvalue weighted by atomic mass is 10.1. The topological polar surface area (TPSA) is 155 Å². The van der Waals surface area contributed by atoms with E-state index in [1.165, 1.54) is 25.3 Å². The maximum Gasteiger partial charge on any atom is 0.266 e. The van der Waals surface area contributed by atoms with Crippen molar-refractivity contribution >= 4 is 39.4 Å². The number of hydrogen-bond donors (Lipinski definition) is 2. The number of pyridine rings is 1. The number of carboxylic acid groups (broad SMARTS) is 1. The third-order valence-electron chi connectivity index (χ3n) is 4.81. The van der Waals surface area contributed by atoms with E-state index in [2.05, 4.69) is 10.3 Å². The Kier molecular flexibility index (Phi) is 8.05. The number of sulfonamides is 1. The molecule has 12 heteroatoms. The Labute approximate surface area is 206 Å². The molecule has 0 spiro atoms. The number of benzene rings is 2. The summed E-state index contributed by atoms with van der Waals surface area (Å²) in [7, 11) is -2.70. The Hall–Kier alpha value is -3.96. The summed E-state index contributed by atoms with van der Waals surface area (Å²) in [5.41, 5.74) is 0.493. The quantitative estimate of drug-likeness (QED) is 0.430. The Morgan fingerprint density at radius 2 is 1.74 bits per heavy atom. The smallest absolute Gasteiger partial charge is 0.266 e. The average Bonchev–Trinajstić information content (AvgIpc) is 2.84. The van der Waals surface area contributed by atoms with Crippen LogP contribution in [0.25, 0.3) is 0 Å². The predicted molar refractivity (Wildman–Crippen MR) is 124 cm³/mol. The monoisotopic (exact) mass is 516 g/mol. The molecule has 2 amide bonds. The maximum absolute atomic E-state index is 12.5. The zero-order valence-electron chi connectivity index (χ0n) is 18.3. The molecule has 10 nitrogen and oxygen atoms in total. The first kappa shape index (κ1) is 25.7. The molecule has 0 radical (unpaired) electrons. The molecule has 0 saturated carbocycles. The number of nitrogens with zero attached hydrogens (tertiary/aromatic N) is 1. The number of carbonyl (C=O) groups is 3. The number of carbonyl (C=O) groups excluding carboxylic acids is 3. The van der Waals surface area contributed by atoms with Gasteiger partial charge in [0.25, 0.3) is 21.8 Å². The molecule has 2 N–H and O–H groups in total. The fourth-order valence-corrected chi connectivity index (χ4v) is 4.12. The summed E-state index contributed by atoms with van der Waals surface area (Å²) in [6.45, 7) is 0.268. The van der Waals surface area contributed by atoms with Crippen LogP contribution in [0.4, 0.5) is 0 Å². The van der Waals surface area contributed by atoms with Gasteiger partial charge in [0.2, 0.25) is 0 Å². The summed E-state index contributed by atoms with van der Waals surface area (Å²) >= 11 is 6.07. The highest BCUT2D eigenvalue weighted by Gasteiger charge is 2.19. The van der Waals surface area contributed by atoms with Crippen LogP contribution >= 0.6 is 11.6 Å². The largest absolute Gasteiger partial charge is 0.543 e. The van der Waals surface area contributed by atoms with Crippen molar-refractivity contribution in [2.45, 2.75) is 11.3 Å². The Morgan fingerprint density at radius 1 is 1.03 bits per heavy atom. The Bertz CT molecular complexity index is 1360. The molecular formula is C23H19ClN3O7S-. The second-order valence-electron chi connectivity index (χ2n) is 7.15. The highest BCUT2D eigenvalue weighted by atomic mass is 35.5. The number of aromatic nitrogens is 1. The molecule has 0 fully saturated rings. The first-order chi connectivity index (χ1) is 16.6. The number of nitrogens with one attached hydrogen (secondary N) is 2. The van der Waals surface area contributed by atoms with Crippen molar-refractivity contribution in [2.75, 3.05) is 13.7 Å². The number of carboxylic acids is 1. The summed E-state index contributed by atoms with van der Waals surface area (Å²) in [6, 6.07) is 12.6. The van der Waals surface area contributed by atoms with E-state index in [0.717, 1.165) is 23.9 Å². The van der Waals surface area contributed by atoms with E-state index in [1.807, 2.05) is 4.72 Å². The third-order valence-corrected chi connectivity index (χ3v) is 6.49. The van der Waals surface area contributed by atoms with Crippen LogP contribution in [0, 0.1) is 0 Å². The zero-order valence-corrected chi connectivity index (χ0v) is 19.9. The van der Waals surface area contributed by atoms with Gasteiger partial charge in [0.1, 0.15) is 5.75 Å². The fraction of sp³-hybridized carbons (Fsp3) is 0.130. The van der Waals surface area contributed by atoms with E-state index in [0.29, 0.717) is 12.2 Å². The molecule has 0 atom stereocenters. The molecule has 35 heavy (non-hydrogen) atoms. The molecule has 0 saturated heterocycles. The number of methoxy groups -OCH3 is 1. The highest BCUT2D eigenvalue weighted by molar-refractivity contribution is 7.90. The number of halogens is 1. The minimum absolute atomic E-state index is 0.137. The summed E-state index contributed by atoms with van der Waals surface area (Å²) in [5, 5.41) is 13.7. The van der Waals surface area contributed by atoms with Gasteiger partial charge in [0.15, 0.2) is 0 Å². The first-order valence-corrected chi connectivity index (χ1v) is 11.9. The van der Waals surface area contributed by atoms with Crippen LogP contribution in [0.5, 0.6) is 5.75 Å². The van der Waals surface area contributed by atoms with Gasteiger partial charge in [-0.3, -0.25) is 14.6 Å². The first-order valence-electron chi connectivity index (χ1n) is 10.1. The molecule has 182 valence electrons. The van der Waals surface area contributed by atoms with Crippen molar-refractivity contribution < 1.29 is 32.6 Å². The van der Waals surface area contributed by atoms with E-state index < -0.39 is 21.9 Å². The third kappa shape index (κ3) is 6.55. The van der Waals surface area contributed by atoms with Crippen LogP contribution in [-0.2, 0) is 16.4 Å². The number of amides is 2. The fourth-order valence-electron chi connectivity index (χ4n) is 2.95. The molecular weight excluding hydrogens is 498 g/mol. The molecule has 1 heterocycles. The van der Waals surface area contributed by atoms with Gasteiger partial charge < -0.3 is 20.0 Å². The molecule has 1 aromatic heterocycles. The highest BCUT2D eigenvalue weighted by Crippen LogP contribution is 2.21. The molecule has 0 unspecified atom stereocenters. The number of rotatable bonds is 9. The lowest BCUT2D eigenvalue weighted by molar-refractivity contribution is -0.255. The minimum atomic E-state index is -4.18. The molecule has 0 aliphatic rings. The second-order valence-corrected chi connectivity index (χ2v) is 9.24. The standard InChI is InChI=1S/C23H20ClN3O7S/c1-34-16-5-8-19(24)18(12-16)22(29)25-11-10-14-2-6-17(7-3-14)35(32,33)27-21(28)15-4-9-20(23(30)31)26-13-15/h2-9,12-13H,10-11H2,1H3,(H,25,29)(H,27,28)(H,30,31)/p-1. The van der Waals surface area contributed by atoms with Crippen LogP contribution in [0.15, 0.2) is 65.7 Å². The molecule has 0 aliphatic heterocycles. The second kappa shape index (κ2) is 11.0. The summed E-state index contributed by atoms with van der Waals surface area (Å²) in [4.78, 5) is 38.7. The van der Waals surface area contributed by atoms with Crippen molar-refractivity contribution in [3.05, 3.63) is 88.2 Å². The van der Waals surface area contributed by atoms with Crippen molar-refractivity contribution in [2.24, 2.45) is 0 Å². The summed E-state index contributed by atoms with van der Waals surface area (Å²) < 4.78 is 32.0. The van der Waals surface area contributed by atoms with Crippen LogP contribution in [0.3, 0.4) is 0 Å². The van der Waals surface area contributed by atoms with E-state index in [4.69, 9.17) is 16.3 Å². The Morgan fingerprint density at radius 3 is 2.34 bits per heavy atom. The van der Waals surface area contributed by atoms with Crippen LogP contribution < -0.4 is 19.9 Å². The lowest BCUT2D eigenvalue weighted by Crippen LogP contribution is -2.31. The molecule has 2 aromatic carbocycles. The van der Waals surface area contributed by atoms with Gasteiger partial charge in [0, 0.05) is 12.7 Å². The van der Waals surface area contributed by atoms with Gasteiger partial charge in [-0.15, -0.1) is 0 Å². The van der Waals surface area contributed by atoms with Crippen molar-refractivity contribution in [1.29, 1.82) is 0 Å². The minimum Gasteiger partial charge on any atom is -0.543 e. The predicted octanol–water partition coefficient (Wildman–Crippen LogP) is 1.20. The molecule has 3 aromatic rings. The van der Waals surface area contributed by atoms with Gasteiger partial charge in [-0.2, -0.15) is 0 Å². The van der Waals surface area contributed by atoms with Crippen LogP contribution in [0.1, 0.15) is 36.8 Å². The van der Waals surface area contributed by atoms with E-state index in [-0.39, 0.29) is 39.2 Å². The number of aromatic carboxylic acids is 1. The van der Waals surface area contributed by atoms with E-state index in [1.54, 1.807) is 24.3 Å². The lowest BCUT2D eigenvalue weighted by Gasteiger charge is -2.10. The normalized spacial score (nSPS) is 10.9. The van der Waals surface area contributed by atoms with Crippen LogP contribution in [-0.4, -0.2) is 44.8 Å². The number of hydrogen-bond acceptors (Lipinski definition) is 8. The van der Waals surface area contributed by atoms with Gasteiger partial charge >= 0.3 is 0 Å². The zero-order chi connectivity index (χ0) is 25.6. The summed E-state index contributed by atoms with van der Waals surface area (Å²) in [5.74, 6) is -2.37. The molecule has 0 bridgehead atoms. The van der Waals surface area contributed by atoms with E-state index >= 15 is 0 Å². The van der Waals surface area contributed by atoms with Gasteiger partial charge in [-0.1, -0.05) is 23.7 Å². The van der Waals surface area contributed by atoms with Gasteiger partial charge in [0.05, 0.1) is 39.8 Å². The molecule has 0 aliphatic carbocycles. The average molecular weight is 517 g/mol. The van der Waals surface area contributed by atoms with Gasteiger partial charge in [-0.25, -0.2) is 13.1 Å². The van der Waals surface area contributed by atoms with E-state index in [9.17, 15) is 27.9 Å². The van der Waals surface area contributed by atoms with Crippen molar-refractivity contribution in [3.63, 3.8) is 0 Å². The molecule has 3 rings (SSSR count). The van der Waals surface area contributed by atoms with Crippen LogP contribution in [0.2, 0.25) is 5.02 Å². The maximum atomic E-state index is 12.5.